The number of aromatic nitrogens is 1. The lowest BCUT2D eigenvalue weighted by atomic mass is 10.1. The van der Waals surface area contributed by atoms with Crippen molar-refractivity contribution in [1.29, 1.82) is 0 Å². The Morgan fingerprint density at radius 3 is 2.70 bits per heavy atom. The molecule has 0 spiro atoms. The smallest absolute Gasteiger partial charge is 0.288 e. The van der Waals surface area contributed by atoms with Crippen molar-refractivity contribution in [3.8, 4) is 17.2 Å². The maximum Gasteiger partial charge on any atom is 0.288 e. The summed E-state index contributed by atoms with van der Waals surface area (Å²) in [5.41, 5.74) is 2.65. The standard InChI is InChI=1S/C21H14ClN3O5/c1-11-2-7-19-16(8-11)24-21(30-19)14-5-4-13(10-18(14)26)23-20(27)12-3-6-15(22)17(9-12)25(28)29/h2-10,26H,1H3,(H,23,27). The van der Waals surface area contributed by atoms with Crippen LogP contribution in [0.2, 0.25) is 5.02 Å². The number of carbonyl (C=O) groups is 1. The number of aryl methyl sites for hydroxylation is 1. The molecule has 0 atom stereocenters. The molecule has 0 bridgehead atoms. The SMILES string of the molecule is Cc1ccc2oc(-c3ccc(NC(=O)c4ccc(Cl)c([N+](=O)[O-])c4)cc3O)nc2c1. The number of nitro groups is 1. The number of phenols is 1. The second kappa shape index (κ2) is 7.49. The van der Waals surface area contributed by atoms with E-state index in [1.807, 2.05) is 19.1 Å². The topological polar surface area (TPSA) is 118 Å². The minimum absolute atomic E-state index is 0.0592. The summed E-state index contributed by atoms with van der Waals surface area (Å²) < 4.78 is 5.69. The first-order valence-corrected chi connectivity index (χ1v) is 9.15. The van der Waals surface area contributed by atoms with Gasteiger partial charge in [-0.1, -0.05) is 17.7 Å². The molecule has 1 heterocycles. The highest BCUT2D eigenvalue weighted by molar-refractivity contribution is 6.32. The zero-order chi connectivity index (χ0) is 21.4. The second-order valence-electron chi connectivity index (χ2n) is 6.60. The van der Waals surface area contributed by atoms with Crippen molar-refractivity contribution in [3.63, 3.8) is 0 Å². The van der Waals surface area contributed by atoms with E-state index in [4.69, 9.17) is 16.0 Å². The third kappa shape index (κ3) is 3.68. The molecule has 3 aromatic carbocycles. The highest BCUT2D eigenvalue weighted by Gasteiger charge is 2.18. The predicted octanol–water partition coefficient (Wildman–Crippen LogP) is 5.32. The monoisotopic (exact) mass is 423 g/mol. The molecule has 0 fully saturated rings. The van der Waals surface area contributed by atoms with Crippen LogP contribution in [0, 0.1) is 17.0 Å². The van der Waals surface area contributed by atoms with Crippen LogP contribution in [0.15, 0.2) is 59.0 Å². The normalized spacial score (nSPS) is 10.9. The maximum absolute atomic E-state index is 12.4. The number of nitrogens with zero attached hydrogens (tertiary/aromatic N) is 2. The van der Waals surface area contributed by atoms with Gasteiger partial charge in [0.25, 0.3) is 11.6 Å². The first-order valence-electron chi connectivity index (χ1n) is 8.78. The van der Waals surface area contributed by atoms with Gasteiger partial charge in [-0.15, -0.1) is 0 Å². The molecule has 0 aliphatic rings. The number of hydrogen-bond donors (Lipinski definition) is 2. The molecule has 0 aliphatic heterocycles. The molecular weight excluding hydrogens is 410 g/mol. The molecule has 0 saturated heterocycles. The number of rotatable bonds is 4. The summed E-state index contributed by atoms with van der Waals surface area (Å²) in [6.07, 6.45) is 0. The fourth-order valence-electron chi connectivity index (χ4n) is 2.94. The Balaban J connectivity index is 1.59. The summed E-state index contributed by atoms with van der Waals surface area (Å²) in [4.78, 5) is 27.1. The lowest BCUT2D eigenvalue weighted by Gasteiger charge is -2.08. The molecule has 2 N–H and O–H groups in total. The van der Waals surface area contributed by atoms with E-state index in [1.54, 1.807) is 18.2 Å². The number of anilines is 1. The van der Waals surface area contributed by atoms with Crippen LogP contribution in [0.25, 0.3) is 22.6 Å². The number of hydrogen-bond acceptors (Lipinski definition) is 6. The Morgan fingerprint density at radius 2 is 1.97 bits per heavy atom. The van der Waals surface area contributed by atoms with Gasteiger partial charge < -0.3 is 14.8 Å². The maximum atomic E-state index is 12.4. The van der Waals surface area contributed by atoms with E-state index in [9.17, 15) is 20.0 Å². The van der Waals surface area contributed by atoms with Gasteiger partial charge in [-0.3, -0.25) is 14.9 Å². The van der Waals surface area contributed by atoms with Crippen molar-refractivity contribution in [2.24, 2.45) is 0 Å². The average Bonchev–Trinajstić information content (AvgIpc) is 3.10. The van der Waals surface area contributed by atoms with Crippen molar-refractivity contribution in [1.82, 2.24) is 4.98 Å². The largest absolute Gasteiger partial charge is 0.507 e. The molecule has 0 radical (unpaired) electrons. The number of nitro benzene ring substituents is 1. The van der Waals surface area contributed by atoms with Gasteiger partial charge in [0.05, 0.1) is 10.5 Å². The molecule has 0 saturated carbocycles. The Bertz CT molecular complexity index is 1320. The summed E-state index contributed by atoms with van der Waals surface area (Å²) in [7, 11) is 0. The molecule has 150 valence electrons. The number of carbonyl (C=O) groups excluding carboxylic acids is 1. The first kappa shape index (κ1) is 19.4. The Kier molecular flexibility index (Phi) is 4.85. The minimum atomic E-state index is -0.665. The fraction of sp³-hybridized carbons (Fsp3) is 0.0476. The van der Waals surface area contributed by atoms with Crippen LogP contribution in [0.1, 0.15) is 15.9 Å². The molecule has 0 unspecified atom stereocenters. The zero-order valence-corrected chi connectivity index (χ0v) is 16.3. The van der Waals surface area contributed by atoms with Crippen LogP contribution >= 0.6 is 11.6 Å². The fourth-order valence-corrected chi connectivity index (χ4v) is 3.13. The number of nitrogens with one attached hydrogen (secondary N) is 1. The van der Waals surface area contributed by atoms with Gasteiger partial charge in [-0.25, -0.2) is 4.98 Å². The van der Waals surface area contributed by atoms with Crippen molar-refractivity contribution < 1.29 is 19.2 Å². The number of oxazole rings is 1. The van der Waals surface area contributed by atoms with E-state index in [2.05, 4.69) is 10.3 Å². The third-order valence-electron chi connectivity index (χ3n) is 4.43. The van der Waals surface area contributed by atoms with Gasteiger partial charge in [-0.2, -0.15) is 0 Å². The van der Waals surface area contributed by atoms with Gasteiger partial charge in [0, 0.05) is 23.4 Å². The lowest BCUT2D eigenvalue weighted by Crippen LogP contribution is -2.12. The molecule has 30 heavy (non-hydrogen) atoms. The third-order valence-corrected chi connectivity index (χ3v) is 4.75. The predicted molar refractivity (Wildman–Crippen MR) is 112 cm³/mol. The minimum Gasteiger partial charge on any atom is -0.507 e. The quantitative estimate of drug-likeness (QED) is 0.338. The Labute approximate surface area is 174 Å². The number of aromatic hydroxyl groups is 1. The van der Waals surface area contributed by atoms with Gasteiger partial charge in [0.2, 0.25) is 5.89 Å². The van der Waals surface area contributed by atoms with Gasteiger partial charge in [0.1, 0.15) is 16.3 Å². The van der Waals surface area contributed by atoms with Crippen molar-refractivity contribution >= 4 is 40.0 Å². The number of halogens is 1. The molecule has 4 rings (SSSR count). The van der Waals surface area contributed by atoms with Crippen LogP contribution in [0.4, 0.5) is 11.4 Å². The highest BCUT2D eigenvalue weighted by Crippen LogP contribution is 2.33. The van der Waals surface area contributed by atoms with Gasteiger partial charge in [-0.05, 0) is 48.9 Å². The van der Waals surface area contributed by atoms with E-state index >= 15 is 0 Å². The van der Waals surface area contributed by atoms with Crippen molar-refractivity contribution in [2.75, 3.05) is 5.32 Å². The molecule has 1 amide bonds. The Morgan fingerprint density at radius 1 is 1.17 bits per heavy atom. The first-order chi connectivity index (χ1) is 14.3. The molecule has 9 heteroatoms. The van der Waals surface area contributed by atoms with Gasteiger partial charge in [0.15, 0.2) is 5.58 Å². The Hall–Kier alpha value is -3.91. The van der Waals surface area contributed by atoms with Crippen LogP contribution in [0.3, 0.4) is 0 Å². The molecular formula is C21H14ClN3O5. The highest BCUT2D eigenvalue weighted by atomic mass is 35.5. The molecule has 8 nitrogen and oxygen atoms in total. The summed E-state index contributed by atoms with van der Waals surface area (Å²) in [6, 6.07) is 13.8. The summed E-state index contributed by atoms with van der Waals surface area (Å²) in [5, 5.41) is 23.9. The number of phenolic OH excluding ortho intramolecular Hbond substituents is 1. The molecule has 1 aromatic heterocycles. The summed E-state index contributed by atoms with van der Waals surface area (Å²) in [6.45, 7) is 1.94. The summed E-state index contributed by atoms with van der Waals surface area (Å²) >= 11 is 5.77. The molecule has 4 aromatic rings. The second-order valence-corrected chi connectivity index (χ2v) is 7.01. The van der Waals surface area contributed by atoms with Crippen LogP contribution in [-0.4, -0.2) is 20.9 Å². The van der Waals surface area contributed by atoms with Crippen LogP contribution in [0.5, 0.6) is 5.75 Å². The van der Waals surface area contributed by atoms with Gasteiger partial charge >= 0.3 is 0 Å². The van der Waals surface area contributed by atoms with Crippen LogP contribution < -0.4 is 5.32 Å². The summed E-state index contributed by atoms with van der Waals surface area (Å²) in [5.74, 6) is -0.475. The number of fused-ring (bicyclic) bond motifs is 1. The zero-order valence-electron chi connectivity index (χ0n) is 15.5. The van der Waals surface area contributed by atoms with E-state index in [0.717, 1.165) is 11.6 Å². The number of benzene rings is 3. The number of amides is 1. The molecule has 0 aliphatic carbocycles. The van der Waals surface area contributed by atoms with Crippen LogP contribution in [-0.2, 0) is 0 Å². The van der Waals surface area contributed by atoms with E-state index < -0.39 is 10.8 Å². The lowest BCUT2D eigenvalue weighted by molar-refractivity contribution is -0.384. The van der Waals surface area contributed by atoms with Crippen molar-refractivity contribution in [2.45, 2.75) is 6.92 Å². The van der Waals surface area contributed by atoms with E-state index in [0.29, 0.717) is 22.4 Å². The van der Waals surface area contributed by atoms with E-state index in [1.165, 1.54) is 18.2 Å². The van der Waals surface area contributed by atoms with Crippen molar-refractivity contribution in [3.05, 3.63) is 80.9 Å². The average molecular weight is 424 g/mol. The van der Waals surface area contributed by atoms with E-state index in [-0.39, 0.29) is 27.9 Å².